The van der Waals surface area contributed by atoms with E-state index in [0.717, 1.165) is 31.2 Å². The molecule has 0 unspecified atom stereocenters. The highest BCUT2D eigenvalue weighted by molar-refractivity contribution is 5.97. The van der Waals surface area contributed by atoms with Gasteiger partial charge in [-0.2, -0.15) is 0 Å². The third-order valence-corrected chi connectivity index (χ3v) is 10.6. The molecule has 9 heteroatoms. The zero-order chi connectivity index (χ0) is 42.5. The van der Waals surface area contributed by atoms with Crippen molar-refractivity contribution in [3.63, 3.8) is 0 Å². The Morgan fingerprint density at radius 2 is 0.917 bits per heavy atom. The van der Waals surface area contributed by atoms with E-state index in [1.807, 2.05) is 12.3 Å². The van der Waals surface area contributed by atoms with Gasteiger partial charge >= 0.3 is 17.9 Å². The summed E-state index contributed by atoms with van der Waals surface area (Å²) in [6.07, 6.45) is 29.3. The standard InChI is InChI=1S/C51H69NO8/c1-3-5-7-9-11-13-15-17-19-21-36-56-44-27-23-42(24-28-44)49(53)59-46-31-32-48(47(39-46)51(55)58-38-34-41-33-35-52-40-41)60-50(54)43-25-29-45(30-26-43)57-37-22-20-18-16-14-12-10-8-6-4-2/h23-33,35,39-40,52H,3-22,34,36-38H2,1-2H3. The summed E-state index contributed by atoms with van der Waals surface area (Å²) in [6.45, 7) is 5.83. The maximum Gasteiger partial charge on any atom is 0.343 e. The Kier molecular flexibility index (Phi) is 23.2. The SMILES string of the molecule is CCCCCCCCCCCCOc1ccc(C(=O)Oc2ccc(OC(=O)c3ccc(OCCCCCCCCCCCC)cc3)c(C(=O)OCCc3cc[nH]c3)c2)cc1. The molecule has 9 nitrogen and oxygen atoms in total. The minimum absolute atomic E-state index is 0.0170. The molecule has 0 radical (unpaired) electrons. The predicted octanol–water partition coefficient (Wildman–Crippen LogP) is 13.5. The fraction of sp³-hybridized carbons (Fsp3) is 0.510. The Balaban J connectivity index is 1.26. The lowest BCUT2D eigenvalue weighted by Gasteiger charge is -2.13. The number of nitrogens with one attached hydrogen (secondary N) is 1. The van der Waals surface area contributed by atoms with Gasteiger partial charge in [-0.3, -0.25) is 0 Å². The first-order valence-electron chi connectivity index (χ1n) is 22.8. The molecule has 0 aliphatic rings. The number of carbonyl (C=O) groups is 3. The van der Waals surface area contributed by atoms with E-state index in [2.05, 4.69) is 18.8 Å². The Morgan fingerprint density at radius 3 is 1.38 bits per heavy atom. The van der Waals surface area contributed by atoms with Gasteiger partial charge in [0.1, 0.15) is 28.6 Å². The van der Waals surface area contributed by atoms with Gasteiger partial charge in [0.25, 0.3) is 0 Å². The lowest BCUT2D eigenvalue weighted by Crippen LogP contribution is -2.15. The van der Waals surface area contributed by atoms with E-state index in [0.29, 0.717) is 42.3 Å². The average Bonchev–Trinajstić information content (AvgIpc) is 3.79. The number of esters is 3. The van der Waals surface area contributed by atoms with Crippen molar-refractivity contribution in [1.29, 1.82) is 0 Å². The van der Waals surface area contributed by atoms with Crippen LogP contribution in [0.15, 0.2) is 85.2 Å². The van der Waals surface area contributed by atoms with Gasteiger partial charge in [0.05, 0.1) is 30.9 Å². The van der Waals surface area contributed by atoms with Crippen LogP contribution in [0.1, 0.15) is 179 Å². The van der Waals surface area contributed by atoms with E-state index in [1.165, 1.54) is 121 Å². The fourth-order valence-corrected chi connectivity index (χ4v) is 6.93. The summed E-state index contributed by atoms with van der Waals surface area (Å²) in [6, 6.07) is 19.7. The van der Waals surface area contributed by atoms with Crippen LogP contribution in [0.5, 0.6) is 23.0 Å². The molecule has 0 spiro atoms. The summed E-state index contributed by atoms with van der Waals surface area (Å²) in [5.41, 5.74) is 1.54. The summed E-state index contributed by atoms with van der Waals surface area (Å²) in [7, 11) is 0. The van der Waals surface area contributed by atoms with Crippen LogP contribution in [-0.4, -0.2) is 42.7 Å². The Labute approximate surface area is 358 Å². The van der Waals surface area contributed by atoms with Crippen LogP contribution < -0.4 is 18.9 Å². The number of aromatic nitrogens is 1. The average molecular weight is 824 g/mol. The first-order chi connectivity index (χ1) is 29.5. The molecule has 1 aromatic heterocycles. The van der Waals surface area contributed by atoms with E-state index in [9.17, 15) is 14.4 Å². The molecule has 0 bridgehead atoms. The van der Waals surface area contributed by atoms with Gasteiger partial charge in [-0.1, -0.05) is 129 Å². The number of hydrogen-bond donors (Lipinski definition) is 1. The van der Waals surface area contributed by atoms with Crippen molar-refractivity contribution in [3.8, 4) is 23.0 Å². The van der Waals surface area contributed by atoms with Crippen LogP contribution in [-0.2, 0) is 11.2 Å². The maximum absolute atomic E-state index is 13.4. The van der Waals surface area contributed by atoms with Crippen LogP contribution in [0.3, 0.4) is 0 Å². The van der Waals surface area contributed by atoms with Crippen molar-refractivity contribution in [2.75, 3.05) is 19.8 Å². The second kappa shape index (κ2) is 29.2. The molecule has 0 saturated carbocycles. The van der Waals surface area contributed by atoms with Crippen molar-refractivity contribution in [3.05, 3.63) is 107 Å². The van der Waals surface area contributed by atoms with Gasteiger partial charge in [-0.15, -0.1) is 0 Å². The van der Waals surface area contributed by atoms with Gasteiger partial charge < -0.3 is 28.7 Å². The molecule has 1 heterocycles. The summed E-state index contributed by atoms with van der Waals surface area (Å²) in [5.74, 6) is -0.539. The number of benzene rings is 3. The number of H-pyrrole nitrogens is 1. The third-order valence-electron chi connectivity index (χ3n) is 10.6. The number of carbonyl (C=O) groups excluding carboxylic acids is 3. The monoisotopic (exact) mass is 824 g/mol. The summed E-state index contributed by atoms with van der Waals surface area (Å²) in [4.78, 5) is 42.8. The van der Waals surface area contributed by atoms with Gasteiger partial charge in [0, 0.05) is 18.8 Å². The molecule has 326 valence electrons. The summed E-state index contributed by atoms with van der Waals surface area (Å²) < 4.78 is 28.7. The highest BCUT2D eigenvalue weighted by atomic mass is 16.6. The normalized spacial score (nSPS) is 11.0. The van der Waals surface area contributed by atoms with Crippen LogP contribution in [0.2, 0.25) is 0 Å². The largest absolute Gasteiger partial charge is 0.494 e. The maximum atomic E-state index is 13.4. The van der Waals surface area contributed by atoms with Gasteiger partial charge in [0.2, 0.25) is 0 Å². The number of rotatable bonds is 32. The molecule has 0 aliphatic carbocycles. The number of hydrogen-bond acceptors (Lipinski definition) is 8. The second-order valence-corrected chi connectivity index (χ2v) is 15.7. The molecule has 0 fully saturated rings. The van der Waals surface area contributed by atoms with Crippen LogP contribution in [0.25, 0.3) is 0 Å². The number of unbranched alkanes of at least 4 members (excludes halogenated alkanes) is 18. The molecule has 3 aromatic carbocycles. The number of aromatic amines is 1. The van der Waals surface area contributed by atoms with Crippen LogP contribution in [0.4, 0.5) is 0 Å². The molecule has 4 aromatic rings. The molecule has 0 atom stereocenters. The predicted molar refractivity (Wildman–Crippen MR) is 239 cm³/mol. The smallest absolute Gasteiger partial charge is 0.343 e. The van der Waals surface area contributed by atoms with Crippen molar-refractivity contribution in [2.45, 2.75) is 149 Å². The quantitative estimate of drug-likeness (QED) is 0.0294. The van der Waals surface area contributed by atoms with Crippen LogP contribution in [0, 0.1) is 0 Å². The highest BCUT2D eigenvalue weighted by Gasteiger charge is 2.21. The van der Waals surface area contributed by atoms with Crippen molar-refractivity contribution < 1.29 is 38.1 Å². The Morgan fingerprint density at radius 1 is 0.467 bits per heavy atom. The van der Waals surface area contributed by atoms with E-state index in [-0.39, 0.29) is 23.7 Å². The van der Waals surface area contributed by atoms with Crippen LogP contribution >= 0.6 is 0 Å². The lowest BCUT2D eigenvalue weighted by molar-refractivity contribution is 0.0501. The number of ether oxygens (including phenoxy) is 5. The molecular weight excluding hydrogens is 755 g/mol. The molecule has 0 aliphatic heterocycles. The van der Waals surface area contributed by atoms with E-state index in [1.54, 1.807) is 54.7 Å². The van der Waals surface area contributed by atoms with Gasteiger partial charge in [-0.25, -0.2) is 14.4 Å². The molecular formula is C51H69NO8. The molecule has 0 saturated heterocycles. The molecule has 60 heavy (non-hydrogen) atoms. The van der Waals surface area contributed by atoms with Gasteiger partial charge in [-0.05, 0) is 91.2 Å². The topological polar surface area (TPSA) is 113 Å². The van der Waals surface area contributed by atoms with E-state index in [4.69, 9.17) is 23.7 Å². The summed E-state index contributed by atoms with van der Waals surface area (Å²) in [5, 5.41) is 0. The fourth-order valence-electron chi connectivity index (χ4n) is 6.93. The third kappa shape index (κ3) is 18.9. The van der Waals surface area contributed by atoms with Crippen molar-refractivity contribution in [1.82, 2.24) is 4.98 Å². The molecule has 1 N–H and O–H groups in total. The zero-order valence-corrected chi connectivity index (χ0v) is 36.3. The van der Waals surface area contributed by atoms with E-state index < -0.39 is 17.9 Å². The highest BCUT2D eigenvalue weighted by Crippen LogP contribution is 2.28. The Hall–Kier alpha value is -5.05. The Bertz CT molecular complexity index is 1770. The first-order valence-corrected chi connectivity index (χ1v) is 22.8. The molecule has 4 rings (SSSR count). The minimum atomic E-state index is -0.717. The van der Waals surface area contributed by atoms with E-state index >= 15 is 0 Å². The van der Waals surface area contributed by atoms with Gasteiger partial charge in [0.15, 0.2) is 0 Å². The molecule has 0 amide bonds. The summed E-state index contributed by atoms with van der Waals surface area (Å²) >= 11 is 0. The van der Waals surface area contributed by atoms with Crippen molar-refractivity contribution in [2.24, 2.45) is 0 Å². The first kappa shape index (κ1) is 47.6. The second-order valence-electron chi connectivity index (χ2n) is 15.7. The minimum Gasteiger partial charge on any atom is -0.494 e. The lowest BCUT2D eigenvalue weighted by atomic mass is 10.1. The zero-order valence-electron chi connectivity index (χ0n) is 36.3. The van der Waals surface area contributed by atoms with Crippen molar-refractivity contribution >= 4 is 17.9 Å².